The van der Waals surface area contributed by atoms with Crippen LogP contribution in [0, 0.1) is 12.7 Å². The Kier molecular flexibility index (Phi) is 11.3. The number of ether oxygens (including phenoxy) is 3. The van der Waals surface area contributed by atoms with Gasteiger partial charge in [-0.15, -0.1) is 5.06 Å². The fraction of sp³-hybridized carbons (Fsp3) is 0.324. The molecule has 0 spiro atoms. The summed E-state index contributed by atoms with van der Waals surface area (Å²) in [5.41, 5.74) is -0.0277. The molecule has 266 valence electrons. The highest BCUT2D eigenvalue weighted by Gasteiger charge is 2.30. The summed E-state index contributed by atoms with van der Waals surface area (Å²) in [6.07, 6.45) is -4.90. The van der Waals surface area contributed by atoms with Gasteiger partial charge in [0.15, 0.2) is 0 Å². The number of carbonyl (C=O) groups excluding carboxylic acids is 2. The highest BCUT2D eigenvalue weighted by atomic mass is 19.4. The van der Waals surface area contributed by atoms with Crippen LogP contribution in [0.2, 0.25) is 0 Å². The number of alkyl halides is 3. The van der Waals surface area contributed by atoms with Crippen LogP contribution in [0.15, 0.2) is 83.3 Å². The van der Waals surface area contributed by atoms with E-state index in [4.69, 9.17) is 23.5 Å². The molecule has 0 saturated heterocycles. The van der Waals surface area contributed by atoms with Crippen molar-refractivity contribution in [1.82, 2.24) is 10.0 Å². The molecule has 13 heteroatoms. The first-order valence-electron chi connectivity index (χ1n) is 15.5. The van der Waals surface area contributed by atoms with Gasteiger partial charge in [0.05, 0.1) is 12.1 Å². The number of rotatable bonds is 8. The molecular weight excluding hydrogens is 660 g/mol. The van der Waals surface area contributed by atoms with Crippen LogP contribution in [-0.2, 0) is 27.1 Å². The zero-order valence-corrected chi connectivity index (χ0v) is 28.7. The van der Waals surface area contributed by atoms with Gasteiger partial charge in [0.25, 0.3) is 0 Å². The molecule has 0 aliphatic carbocycles. The number of carbonyl (C=O) groups is 2. The number of hydrogen-bond donors (Lipinski definition) is 0. The van der Waals surface area contributed by atoms with Crippen molar-refractivity contribution in [3.05, 3.63) is 113 Å². The van der Waals surface area contributed by atoms with Crippen LogP contribution in [-0.4, -0.2) is 40.0 Å². The minimum absolute atomic E-state index is 0.0227. The third-order valence-corrected chi connectivity index (χ3v) is 6.66. The van der Waals surface area contributed by atoms with E-state index in [2.05, 4.69) is 4.98 Å². The number of benzene rings is 3. The Morgan fingerprint density at radius 1 is 0.860 bits per heavy atom. The van der Waals surface area contributed by atoms with Gasteiger partial charge < -0.3 is 18.6 Å². The highest BCUT2D eigenvalue weighted by Crippen LogP contribution is 2.32. The second kappa shape index (κ2) is 15.1. The normalized spacial score (nSPS) is 12.3. The second-order valence-corrected chi connectivity index (χ2v) is 13.1. The van der Waals surface area contributed by atoms with E-state index in [1.54, 1.807) is 90.9 Å². The fourth-order valence-electron chi connectivity index (χ4n) is 4.42. The monoisotopic (exact) mass is 698 g/mol. The lowest BCUT2D eigenvalue weighted by molar-refractivity contribution is -0.137. The molecule has 0 bridgehead atoms. The first kappa shape index (κ1) is 37.5. The lowest BCUT2D eigenvalue weighted by Crippen LogP contribution is -2.40. The molecule has 0 aliphatic rings. The predicted octanol–water partition coefficient (Wildman–Crippen LogP) is 9.92. The van der Waals surface area contributed by atoms with Gasteiger partial charge in [0, 0.05) is 5.56 Å². The summed E-state index contributed by atoms with van der Waals surface area (Å²) in [6.45, 7) is 11.3. The predicted molar refractivity (Wildman–Crippen MR) is 176 cm³/mol. The van der Waals surface area contributed by atoms with Gasteiger partial charge >= 0.3 is 18.4 Å². The molecule has 0 saturated carbocycles. The van der Waals surface area contributed by atoms with Crippen molar-refractivity contribution in [2.24, 2.45) is 0 Å². The van der Waals surface area contributed by atoms with Crippen LogP contribution < -0.4 is 4.74 Å². The van der Waals surface area contributed by atoms with E-state index in [0.29, 0.717) is 39.5 Å². The molecule has 0 radical (unpaired) electrons. The van der Waals surface area contributed by atoms with Gasteiger partial charge in [-0.05, 0) is 114 Å². The van der Waals surface area contributed by atoms with Gasteiger partial charge in [-0.3, -0.25) is 4.84 Å². The zero-order chi connectivity index (χ0) is 36.9. The van der Waals surface area contributed by atoms with E-state index in [-0.39, 0.29) is 19.0 Å². The summed E-state index contributed by atoms with van der Waals surface area (Å²) < 4.78 is 75.2. The maximum absolute atomic E-state index is 13.9. The summed E-state index contributed by atoms with van der Waals surface area (Å²) in [5.74, 6) is 0.541. The number of aromatic nitrogens is 1. The molecule has 50 heavy (non-hydrogen) atoms. The highest BCUT2D eigenvalue weighted by molar-refractivity contribution is 5.81. The standard InChI is InChI=1S/C37H38F4N2O7/c1-23-31(42-32(47-23)25-11-15-27(16-12-25)37(39,40)41)22-46-29-10-8-9-26(21-29)30(24-13-17-28(38)18-14-24)19-20-43(33(44)48-35(2,3)4)50-34(45)49-36(5,6)7/h8-19,21H,20,22H2,1-7H3/b30-19+. The molecule has 3 aromatic carbocycles. The molecule has 1 amide bonds. The van der Waals surface area contributed by atoms with Crippen molar-refractivity contribution in [3.63, 3.8) is 0 Å². The third-order valence-electron chi connectivity index (χ3n) is 6.66. The Balaban J connectivity index is 1.59. The SMILES string of the molecule is Cc1oc(-c2ccc(C(F)(F)F)cc2)nc1COc1cccc(/C(=C/CN(OC(=O)OC(C)(C)C)C(=O)OC(C)(C)C)c2ccc(F)cc2)c1. The summed E-state index contributed by atoms with van der Waals surface area (Å²) >= 11 is 0. The van der Waals surface area contributed by atoms with Crippen molar-refractivity contribution < 1.29 is 50.6 Å². The summed E-state index contributed by atoms with van der Waals surface area (Å²) in [7, 11) is 0. The van der Waals surface area contributed by atoms with Crippen LogP contribution in [0.1, 0.15) is 69.7 Å². The number of oxazole rings is 1. The van der Waals surface area contributed by atoms with Crippen molar-refractivity contribution in [2.45, 2.75) is 72.5 Å². The number of nitrogens with zero attached hydrogens (tertiary/aromatic N) is 2. The van der Waals surface area contributed by atoms with Gasteiger partial charge in [-0.2, -0.15) is 13.2 Å². The number of aryl methyl sites for hydroxylation is 1. The molecule has 0 unspecified atom stereocenters. The quantitative estimate of drug-likeness (QED) is 0.102. The number of amides is 1. The zero-order valence-electron chi connectivity index (χ0n) is 28.7. The number of halogens is 4. The van der Waals surface area contributed by atoms with E-state index >= 15 is 0 Å². The summed E-state index contributed by atoms with van der Waals surface area (Å²) in [6, 6.07) is 17.1. The summed E-state index contributed by atoms with van der Waals surface area (Å²) in [5, 5.41) is 0.727. The van der Waals surface area contributed by atoms with Gasteiger partial charge in [0.2, 0.25) is 5.89 Å². The van der Waals surface area contributed by atoms with Crippen LogP contribution in [0.25, 0.3) is 17.0 Å². The topological polar surface area (TPSA) is 100 Å². The average Bonchev–Trinajstić information content (AvgIpc) is 3.38. The Bertz CT molecular complexity index is 1820. The van der Waals surface area contributed by atoms with Crippen LogP contribution >= 0.6 is 0 Å². The third kappa shape index (κ3) is 10.8. The smallest absolute Gasteiger partial charge is 0.487 e. The molecule has 0 atom stereocenters. The van der Waals surface area contributed by atoms with Gasteiger partial charge in [0.1, 0.15) is 40.8 Å². The van der Waals surface area contributed by atoms with E-state index in [1.807, 2.05) is 0 Å². The molecule has 1 heterocycles. The maximum atomic E-state index is 13.9. The van der Waals surface area contributed by atoms with Crippen LogP contribution in [0.5, 0.6) is 5.75 Å². The molecule has 0 fully saturated rings. The summed E-state index contributed by atoms with van der Waals surface area (Å²) in [4.78, 5) is 35.2. The minimum atomic E-state index is -4.46. The molecule has 0 N–H and O–H groups in total. The lowest BCUT2D eigenvalue weighted by atomic mass is 9.97. The fourth-order valence-corrected chi connectivity index (χ4v) is 4.42. The average molecular weight is 699 g/mol. The van der Waals surface area contributed by atoms with Gasteiger partial charge in [-0.25, -0.2) is 19.0 Å². The Labute approximate surface area is 287 Å². The first-order valence-corrected chi connectivity index (χ1v) is 15.5. The van der Waals surface area contributed by atoms with Crippen molar-refractivity contribution in [3.8, 4) is 17.2 Å². The molecule has 1 aromatic heterocycles. The lowest BCUT2D eigenvalue weighted by Gasteiger charge is -2.27. The second-order valence-electron chi connectivity index (χ2n) is 13.1. The number of hydrogen-bond acceptors (Lipinski definition) is 8. The first-order chi connectivity index (χ1) is 23.3. The van der Waals surface area contributed by atoms with Gasteiger partial charge in [-0.1, -0.05) is 30.3 Å². The van der Waals surface area contributed by atoms with E-state index < -0.39 is 41.0 Å². The minimum Gasteiger partial charge on any atom is -0.487 e. The van der Waals surface area contributed by atoms with E-state index in [1.165, 1.54) is 24.3 Å². The van der Waals surface area contributed by atoms with Crippen molar-refractivity contribution in [2.75, 3.05) is 6.54 Å². The van der Waals surface area contributed by atoms with Crippen molar-refractivity contribution >= 4 is 17.8 Å². The van der Waals surface area contributed by atoms with Crippen LogP contribution in [0.3, 0.4) is 0 Å². The van der Waals surface area contributed by atoms with Crippen molar-refractivity contribution in [1.29, 1.82) is 0 Å². The molecule has 0 aliphatic heterocycles. The van der Waals surface area contributed by atoms with Crippen LogP contribution in [0.4, 0.5) is 27.2 Å². The molecule has 4 aromatic rings. The molecule has 9 nitrogen and oxygen atoms in total. The maximum Gasteiger partial charge on any atom is 0.534 e. The number of hydroxylamine groups is 2. The van der Waals surface area contributed by atoms with E-state index in [0.717, 1.165) is 17.2 Å². The molecule has 4 rings (SSSR count). The van der Waals surface area contributed by atoms with E-state index in [9.17, 15) is 27.2 Å². The Hall–Kier alpha value is -5.33. The molecular formula is C37H38F4N2O7. The Morgan fingerprint density at radius 2 is 1.50 bits per heavy atom. The Morgan fingerprint density at radius 3 is 2.10 bits per heavy atom. The largest absolute Gasteiger partial charge is 0.534 e.